The molecule has 0 saturated carbocycles. The molecule has 0 aromatic heterocycles. The number of hydrogen-bond acceptors (Lipinski definition) is 2. The Morgan fingerprint density at radius 2 is 2.00 bits per heavy atom. The normalized spacial score (nSPS) is 27.7. The van der Waals surface area contributed by atoms with Crippen molar-refractivity contribution in [3.63, 3.8) is 0 Å². The Morgan fingerprint density at radius 1 is 1.38 bits per heavy atom. The second kappa shape index (κ2) is 3.36. The van der Waals surface area contributed by atoms with Crippen LogP contribution in [0.1, 0.15) is 33.6 Å². The number of imide groups is 1. The third kappa shape index (κ3) is 2.20. The predicted molar refractivity (Wildman–Crippen MR) is 49.2 cm³/mol. The van der Waals surface area contributed by atoms with E-state index < -0.39 is 5.54 Å². The molecular weight excluding hydrogens is 168 g/mol. The molecule has 0 aromatic rings. The van der Waals surface area contributed by atoms with Gasteiger partial charge in [0.25, 0.3) is 5.91 Å². The molecule has 0 aliphatic carbocycles. The van der Waals surface area contributed by atoms with E-state index in [-0.39, 0.29) is 11.9 Å². The molecule has 1 rings (SSSR count). The zero-order valence-corrected chi connectivity index (χ0v) is 8.31. The van der Waals surface area contributed by atoms with Gasteiger partial charge in [0, 0.05) is 0 Å². The molecule has 0 bridgehead atoms. The monoisotopic (exact) mass is 184 g/mol. The van der Waals surface area contributed by atoms with Gasteiger partial charge in [-0.15, -0.1) is 0 Å². The van der Waals surface area contributed by atoms with E-state index >= 15 is 0 Å². The summed E-state index contributed by atoms with van der Waals surface area (Å²) in [5, 5.41) is 4.88. The van der Waals surface area contributed by atoms with Gasteiger partial charge in [0.1, 0.15) is 5.54 Å². The van der Waals surface area contributed by atoms with Crippen molar-refractivity contribution in [2.75, 3.05) is 0 Å². The second-order valence-corrected chi connectivity index (χ2v) is 4.17. The molecule has 4 heteroatoms. The highest BCUT2D eigenvalue weighted by atomic mass is 16.2. The number of urea groups is 1. The Labute approximate surface area is 78.1 Å². The van der Waals surface area contributed by atoms with Crippen molar-refractivity contribution in [1.82, 2.24) is 10.6 Å². The first-order valence-corrected chi connectivity index (χ1v) is 4.57. The van der Waals surface area contributed by atoms with E-state index in [4.69, 9.17) is 0 Å². The van der Waals surface area contributed by atoms with Crippen LogP contribution in [-0.2, 0) is 4.79 Å². The highest BCUT2D eigenvalue weighted by molar-refractivity contribution is 6.06. The maximum Gasteiger partial charge on any atom is 0.322 e. The van der Waals surface area contributed by atoms with Crippen molar-refractivity contribution in [2.24, 2.45) is 5.92 Å². The fraction of sp³-hybridized carbons (Fsp3) is 0.778. The SMILES string of the molecule is CC(C)CC[C@]1(C)NC(=O)NC1=O. The molecular formula is C9H16N2O2. The summed E-state index contributed by atoms with van der Waals surface area (Å²) >= 11 is 0. The van der Waals surface area contributed by atoms with Gasteiger partial charge >= 0.3 is 6.03 Å². The van der Waals surface area contributed by atoms with Crippen molar-refractivity contribution in [3.8, 4) is 0 Å². The minimum absolute atomic E-state index is 0.210. The van der Waals surface area contributed by atoms with Crippen LogP contribution in [0.4, 0.5) is 4.79 Å². The van der Waals surface area contributed by atoms with Crippen LogP contribution in [0.2, 0.25) is 0 Å². The van der Waals surface area contributed by atoms with Crippen molar-refractivity contribution in [2.45, 2.75) is 39.2 Å². The van der Waals surface area contributed by atoms with Gasteiger partial charge in [0.15, 0.2) is 0 Å². The lowest BCUT2D eigenvalue weighted by Crippen LogP contribution is -2.43. The van der Waals surface area contributed by atoms with Gasteiger partial charge < -0.3 is 5.32 Å². The van der Waals surface area contributed by atoms with Crippen molar-refractivity contribution in [3.05, 3.63) is 0 Å². The van der Waals surface area contributed by atoms with Crippen LogP contribution < -0.4 is 10.6 Å². The van der Waals surface area contributed by atoms with Crippen molar-refractivity contribution >= 4 is 11.9 Å². The van der Waals surface area contributed by atoms with E-state index in [0.29, 0.717) is 12.3 Å². The van der Waals surface area contributed by atoms with Gasteiger partial charge in [0.05, 0.1) is 0 Å². The molecule has 0 spiro atoms. The van der Waals surface area contributed by atoms with Crippen LogP contribution in [0.5, 0.6) is 0 Å². The minimum Gasteiger partial charge on any atom is -0.324 e. The highest BCUT2D eigenvalue weighted by Crippen LogP contribution is 2.19. The van der Waals surface area contributed by atoms with Crippen LogP contribution in [-0.4, -0.2) is 17.5 Å². The number of hydrogen-bond donors (Lipinski definition) is 2. The lowest BCUT2D eigenvalue weighted by Gasteiger charge is -2.21. The van der Waals surface area contributed by atoms with Gasteiger partial charge in [-0.2, -0.15) is 0 Å². The summed E-state index contributed by atoms with van der Waals surface area (Å²) < 4.78 is 0. The molecule has 1 saturated heterocycles. The molecule has 4 nitrogen and oxygen atoms in total. The molecule has 0 aromatic carbocycles. The Kier molecular flexibility index (Phi) is 2.59. The summed E-state index contributed by atoms with van der Waals surface area (Å²) in [6, 6.07) is -0.378. The molecule has 13 heavy (non-hydrogen) atoms. The summed E-state index contributed by atoms with van der Waals surface area (Å²) in [4.78, 5) is 22.2. The smallest absolute Gasteiger partial charge is 0.322 e. The summed E-state index contributed by atoms with van der Waals surface area (Å²) in [6.45, 7) is 5.95. The first kappa shape index (κ1) is 10.0. The fourth-order valence-electron chi connectivity index (χ4n) is 1.33. The molecule has 1 aliphatic rings. The quantitative estimate of drug-likeness (QED) is 0.643. The molecule has 3 amide bonds. The molecule has 1 aliphatic heterocycles. The lowest BCUT2D eigenvalue weighted by atomic mass is 9.92. The van der Waals surface area contributed by atoms with Crippen LogP contribution in [0.15, 0.2) is 0 Å². The maximum absolute atomic E-state index is 11.3. The lowest BCUT2D eigenvalue weighted by molar-refractivity contribution is -0.123. The number of nitrogens with one attached hydrogen (secondary N) is 2. The van der Waals surface area contributed by atoms with Crippen molar-refractivity contribution in [1.29, 1.82) is 0 Å². The van der Waals surface area contributed by atoms with Crippen LogP contribution in [0, 0.1) is 5.92 Å². The van der Waals surface area contributed by atoms with Crippen LogP contribution in [0.25, 0.3) is 0 Å². The minimum atomic E-state index is -0.693. The van der Waals surface area contributed by atoms with Gasteiger partial charge in [-0.1, -0.05) is 13.8 Å². The van der Waals surface area contributed by atoms with E-state index in [1.54, 1.807) is 6.92 Å². The van der Waals surface area contributed by atoms with E-state index in [1.807, 2.05) is 0 Å². The molecule has 0 unspecified atom stereocenters. The maximum atomic E-state index is 11.3. The zero-order valence-electron chi connectivity index (χ0n) is 8.31. The largest absolute Gasteiger partial charge is 0.324 e. The van der Waals surface area contributed by atoms with Crippen molar-refractivity contribution < 1.29 is 9.59 Å². The van der Waals surface area contributed by atoms with E-state index in [0.717, 1.165) is 6.42 Å². The Bertz CT molecular complexity index is 238. The first-order chi connectivity index (χ1) is 5.94. The molecule has 1 atom stereocenters. The van der Waals surface area contributed by atoms with Gasteiger partial charge in [-0.3, -0.25) is 10.1 Å². The summed E-state index contributed by atoms with van der Waals surface area (Å²) in [5.74, 6) is 0.334. The average Bonchev–Trinajstić information content (AvgIpc) is 2.23. The average molecular weight is 184 g/mol. The van der Waals surface area contributed by atoms with Crippen LogP contribution in [0.3, 0.4) is 0 Å². The van der Waals surface area contributed by atoms with E-state index in [9.17, 15) is 9.59 Å². The molecule has 2 N–H and O–H groups in total. The fourth-order valence-corrected chi connectivity index (χ4v) is 1.33. The Hall–Kier alpha value is -1.06. The molecule has 1 heterocycles. The topological polar surface area (TPSA) is 58.2 Å². The van der Waals surface area contributed by atoms with Gasteiger partial charge in [-0.25, -0.2) is 4.79 Å². The Balaban J connectivity index is 2.55. The second-order valence-electron chi connectivity index (χ2n) is 4.17. The Morgan fingerprint density at radius 3 is 2.38 bits per heavy atom. The number of carbonyl (C=O) groups is 2. The number of rotatable bonds is 3. The molecule has 74 valence electrons. The zero-order chi connectivity index (χ0) is 10.1. The summed E-state index contributed by atoms with van der Waals surface area (Å²) in [7, 11) is 0. The number of amides is 3. The third-order valence-corrected chi connectivity index (χ3v) is 2.34. The van der Waals surface area contributed by atoms with Gasteiger partial charge in [-0.05, 0) is 25.7 Å². The summed E-state index contributed by atoms with van der Waals surface area (Å²) in [6.07, 6.45) is 1.63. The standard InChI is InChI=1S/C9H16N2O2/c1-6(2)4-5-9(3)7(12)10-8(13)11-9/h6H,4-5H2,1-3H3,(H2,10,11,12,13)/t9-/m0/s1. The van der Waals surface area contributed by atoms with E-state index in [2.05, 4.69) is 24.5 Å². The predicted octanol–water partition coefficient (Wildman–Crippen LogP) is 1.02. The molecule has 0 radical (unpaired) electrons. The van der Waals surface area contributed by atoms with E-state index in [1.165, 1.54) is 0 Å². The third-order valence-electron chi connectivity index (χ3n) is 2.34. The number of carbonyl (C=O) groups excluding carboxylic acids is 2. The first-order valence-electron chi connectivity index (χ1n) is 4.57. The van der Waals surface area contributed by atoms with Crippen LogP contribution >= 0.6 is 0 Å². The van der Waals surface area contributed by atoms with Gasteiger partial charge in [0.2, 0.25) is 0 Å². The summed E-state index contributed by atoms with van der Waals surface area (Å²) in [5.41, 5.74) is -0.693. The molecule has 1 fully saturated rings. The highest BCUT2D eigenvalue weighted by Gasteiger charge is 2.41.